The molecule has 2 nitrogen and oxygen atoms in total. The molecule has 0 atom stereocenters. The number of nitrogens with zero attached hydrogens (tertiary/aromatic N) is 1. The van der Waals surface area contributed by atoms with Crippen molar-refractivity contribution in [1.29, 1.82) is 0 Å². The van der Waals surface area contributed by atoms with Gasteiger partial charge >= 0.3 is 0 Å². The van der Waals surface area contributed by atoms with Crippen molar-refractivity contribution in [3.05, 3.63) is 28.8 Å². The highest BCUT2D eigenvalue weighted by Gasteiger charge is 2.60. The van der Waals surface area contributed by atoms with Gasteiger partial charge in [0.25, 0.3) is 0 Å². The van der Waals surface area contributed by atoms with Gasteiger partial charge in [-0.25, -0.2) is 0 Å². The van der Waals surface area contributed by atoms with E-state index in [0.29, 0.717) is 11.1 Å². The molecule has 0 radical (unpaired) electrons. The van der Waals surface area contributed by atoms with Gasteiger partial charge in [0.1, 0.15) is 5.54 Å². The molecule has 3 rings (SSSR count). The van der Waals surface area contributed by atoms with Gasteiger partial charge in [0.05, 0.1) is 0 Å². The second-order valence-electron chi connectivity index (χ2n) is 4.99. The molecule has 1 spiro atoms. The maximum atomic E-state index is 12.3. The van der Waals surface area contributed by atoms with Gasteiger partial charge in [-0.3, -0.25) is 4.79 Å². The van der Waals surface area contributed by atoms with Crippen LogP contribution in [0.25, 0.3) is 0 Å². The van der Waals surface area contributed by atoms with Crippen molar-refractivity contribution in [2.75, 3.05) is 4.90 Å². The fraction of sp³-hybridized carbons (Fsp3) is 0.462. The summed E-state index contributed by atoms with van der Waals surface area (Å²) in [5, 5.41) is 0.647. The lowest BCUT2D eigenvalue weighted by Crippen LogP contribution is -2.42. The molecule has 0 saturated heterocycles. The van der Waals surface area contributed by atoms with Crippen LogP contribution in [0.3, 0.4) is 0 Å². The Morgan fingerprint density at radius 3 is 2.62 bits per heavy atom. The Kier molecular flexibility index (Phi) is 1.91. The number of carbonyl (C=O) groups excluding carboxylic acids is 1. The number of Topliss-reactive ketones (excluding diaryl/α,β-unsaturated/α-hetero) is 1. The third-order valence-electron chi connectivity index (χ3n) is 3.59. The predicted octanol–water partition coefficient (Wildman–Crippen LogP) is 3.28. The van der Waals surface area contributed by atoms with E-state index < -0.39 is 0 Å². The first kappa shape index (κ1) is 10.2. The molecule has 0 bridgehead atoms. The summed E-state index contributed by atoms with van der Waals surface area (Å²) in [6.45, 7) is 4.27. The summed E-state index contributed by atoms with van der Waals surface area (Å²) in [5.74, 6) is 0.263. The number of halogens is 1. The monoisotopic (exact) mass is 235 g/mol. The van der Waals surface area contributed by atoms with Crippen molar-refractivity contribution >= 4 is 23.1 Å². The number of benzene rings is 1. The number of anilines is 1. The average Bonchev–Trinajstić information content (AvgIpc) is 2.95. The minimum absolute atomic E-state index is 0.221. The van der Waals surface area contributed by atoms with E-state index >= 15 is 0 Å². The molecule has 1 fully saturated rings. The van der Waals surface area contributed by atoms with Crippen molar-refractivity contribution in [2.45, 2.75) is 38.3 Å². The van der Waals surface area contributed by atoms with Crippen molar-refractivity contribution < 1.29 is 4.79 Å². The van der Waals surface area contributed by atoms with Crippen LogP contribution in [0, 0.1) is 0 Å². The van der Waals surface area contributed by atoms with Gasteiger partial charge in [0.15, 0.2) is 5.78 Å². The van der Waals surface area contributed by atoms with Crippen molar-refractivity contribution in [3.8, 4) is 0 Å². The van der Waals surface area contributed by atoms with Gasteiger partial charge in [0.2, 0.25) is 0 Å². The van der Waals surface area contributed by atoms with E-state index in [-0.39, 0.29) is 11.3 Å². The van der Waals surface area contributed by atoms with Crippen LogP contribution in [0.15, 0.2) is 18.2 Å². The first-order valence-corrected chi connectivity index (χ1v) is 6.08. The minimum atomic E-state index is -0.221. The fourth-order valence-corrected chi connectivity index (χ4v) is 3.02. The summed E-state index contributed by atoms with van der Waals surface area (Å²) in [4.78, 5) is 14.6. The summed E-state index contributed by atoms with van der Waals surface area (Å²) >= 11 is 5.96. The Balaban J connectivity index is 2.19. The molecule has 1 aromatic rings. The smallest absolute Gasteiger partial charge is 0.190 e. The van der Waals surface area contributed by atoms with Crippen LogP contribution in [-0.4, -0.2) is 17.4 Å². The van der Waals surface area contributed by atoms with E-state index in [1.165, 1.54) is 0 Å². The fourth-order valence-electron chi connectivity index (χ4n) is 2.85. The first-order chi connectivity index (χ1) is 7.56. The zero-order chi connectivity index (χ0) is 11.5. The van der Waals surface area contributed by atoms with Crippen LogP contribution < -0.4 is 4.90 Å². The average molecular weight is 236 g/mol. The molecule has 0 unspecified atom stereocenters. The third-order valence-corrected chi connectivity index (χ3v) is 3.82. The van der Waals surface area contributed by atoms with Gasteiger partial charge < -0.3 is 4.90 Å². The highest BCUT2D eigenvalue weighted by molar-refractivity contribution is 6.31. The molecule has 16 heavy (non-hydrogen) atoms. The van der Waals surface area contributed by atoms with Crippen LogP contribution in [0.2, 0.25) is 5.02 Å². The SMILES string of the molecule is CC(C)N1c2ccc(Cl)cc2C(=O)C12CC2. The molecule has 0 aromatic heterocycles. The Hall–Kier alpha value is -1.02. The van der Waals surface area contributed by atoms with E-state index in [9.17, 15) is 4.79 Å². The number of fused-ring (bicyclic) bond motifs is 1. The molecule has 0 N–H and O–H groups in total. The molecular formula is C13H14ClNO. The van der Waals surface area contributed by atoms with Gasteiger partial charge in [-0.2, -0.15) is 0 Å². The summed E-state index contributed by atoms with van der Waals surface area (Å²) in [6, 6.07) is 6.00. The number of rotatable bonds is 1. The third kappa shape index (κ3) is 1.11. The Bertz CT molecular complexity index is 477. The van der Waals surface area contributed by atoms with Gasteiger partial charge in [-0.05, 0) is 44.9 Å². The molecule has 1 aromatic carbocycles. The summed E-state index contributed by atoms with van der Waals surface area (Å²) in [7, 11) is 0. The van der Waals surface area contributed by atoms with Crippen LogP contribution in [0.1, 0.15) is 37.0 Å². The Morgan fingerprint density at radius 1 is 1.38 bits per heavy atom. The molecule has 1 saturated carbocycles. The number of carbonyl (C=O) groups is 1. The number of hydrogen-bond acceptors (Lipinski definition) is 2. The maximum Gasteiger partial charge on any atom is 0.190 e. The topological polar surface area (TPSA) is 20.3 Å². The highest BCUT2D eigenvalue weighted by Crippen LogP contribution is 2.54. The first-order valence-electron chi connectivity index (χ1n) is 5.70. The van der Waals surface area contributed by atoms with Crippen molar-refractivity contribution in [1.82, 2.24) is 0 Å². The minimum Gasteiger partial charge on any atom is -0.355 e. The van der Waals surface area contributed by atoms with Crippen LogP contribution >= 0.6 is 11.6 Å². The van der Waals surface area contributed by atoms with Crippen LogP contribution in [0.4, 0.5) is 5.69 Å². The molecular weight excluding hydrogens is 222 g/mol. The second kappa shape index (κ2) is 3.01. The van der Waals surface area contributed by atoms with E-state index in [1.807, 2.05) is 18.2 Å². The molecule has 1 aliphatic heterocycles. The number of hydrogen-bond donors (Lipinski definition) is 0. The summed E-state index contributed by atoms with van der Waals surface area (Å²) < 4.78 is 0. The highest BCUT2D eigenvalue weighted by atomic mass is 35.5. The largest absolute Gasteiger partial charge is 0.355 e. The molecule has 1 aliphatic carbocycles. The Morgan fingerprint density at radius 2 is 2.06 bits per heavy atom. The molecule has 0 amide bonds. The quantitative estimate of drug-likeness (QED) is 0.745. The van der Waals surface area contributed by atoms with E-state index in [2.05, 4.69) is 18.7 Å². The van der Waals surface area contributed by atoms with Crippen LogP contribution in [0.5, 0.6) is 0 Å². The van der Waals surface area contributed by atoms with Gasteiger partial charge in [0, 0.05) is 22.3 Å². The maximum absolute atomic E-state index is 12.3. The zero-order valence-corrected chi connectivity index (χ0v) is 10.2. The number of ketones is 1. The van der Waals surface area contributed by atoms with E-state index in [4.69, 9.17) is 11.6 Å². The Labute approximate surface area is 100 Å². The van der Waals surface area contributed by atoms with E-state index in [0.717, 1.165) is 24.1 Å². The summed E-state index contributed by atoms with van der Waals surface area (Å²) in [5.41, 5.74) is 1.64. The second-order valence-corrected chi connectivity index (χ2v) is 5.42. The lowest BCUT2D eigenvalue weighted by molar-refractivity contribution is 0.0956. The van der Waals surface area contributed by atoms with Gasteiger partial charge in [-0.15, -0.1) is 0 Å². The van der Waals surface area contributed by atoms with Crippen molar-refractivity contribution in [3.63, 3.8) is 0 Å². The molecule has 84 valence electrons. The standard InChI is InChI=1S/C13H14ClNO/c1-8(2)15-11-4-3-9(14)7-10(11)12(16)13(15)5-6-13/h3-4,7-8H,5-6H2,1-2H3. The predicted molar refractivity (Wildman–Crippen MR) is 65.4 cm³/mol. The molecule has 3 heteroatoms. The molecule has 1 heterocycles. The van der Waals surface area contributed by atoms with Crippen LogP contribution in [-0.2, 0) is 0 Å². The lowest BCUT2D eigenvalue weighted by Gasteiger charge is -2.30. The lowest BCUT2D eigenvalue weighted by atomic mass is 10.1. The van der Waals surface area contributed by atoms with Crippen molar-refractivity contribution in [2.24, 2.45) is 0 Å². The molecule has 2 aliphatic rings. The van der Waals surface area contributed by atoms with Gasteiger partial charge in [-0.1, -0.05) is 11.6 Å². The normalized spacial score (nSPS) is 20.8. The summed E-state index contributed by atoms with van der Waals surface area (Å²) in [6.07, 6.45) is 1.96. The zero-order valence-electron chi connectivity index (χ0n) is 9.46. The van der Waals surface area contributed by atoms with E-state index in [1.54, 1.807) is 0 Å².